The largest absolute Gasteiger partial charge is 0.497 e. The first-order valence-electron chi connectivity index (χ1n) is 9.43. The standard InChI is InChI=1S/C20H30N2O3/c1-24-18-12-16(13-19(14-18)25-2)7-8-20(23)22-11-5-6-17(22)15-21-9-3-4-10-21/h12-14,17H,3-11,15H2,1-2H3/t17-/m0/s1. The number of hydrogen-bond donors (Lipinski definition) is 0. The molecule has 1 amide bonds. The molecule has 1 aromatic carbocycles. The molecule has 2 aliphatic rings. The molecule has 2 heterocycles. The Kier molecular flexibility index (Phi) is 6.19. The number of carbonyl (C=O) groups is 1. The summed E-state index contributed by atoms with van der Waals surface area (Å²) >= 11 is 0. The van der Waals surface area contributed by atoms with Gasteiger partial charge >= 0.3 is 0 Å². The molecule has 1 aromatic rings. The number of likely N-dealkylation sites (tertiary alicyclic amines) is 2. The summed E-state index contributed by atoms with van der Waals surface area (Å²) in [5.74, 6) is 1.83. The van der Waals surface area contributed by atoms with Crippen LogP contribution in [-0.4, -0.2) is 62.1 Å². The van der Waals surface area contributed by atoms with Crippen LogP contribution in [0.2, 0.25) is 0 Å². The zero-order chi connectivity index (χ0) is 17.6. The van der Waals surface area contributed by atoms with Gasteiger partial charge in [-0.3, -0.25) is 4.79 Å². The van der Waals surface area contributed by atoms with Crippen molar-refractivity contribution in [2.45, 2.75) is 44.6 Å². The Morgan fingerprint density at radius 1 is 1.04 bits per heavy atom. The number of methoxy groups -OCH3 is 2. The van der Waals surface area contributed by atoms with Gasteiger partial charge in [-0.1, -0.05) is 0 Å². The summed E-state index contributed by atoms with van der Waals surface area (Å²) in [6, 6.07) is 6.24. The van der Waals surface area contributed by atoms with Crippen molar-refractivity contribution in [3.63, 3.8) is 0 Å². The van der Waals surface area contributed by atoms with E-state index < -0.39 is 0 Å². The normalized spacial score (nSPS) is 20.9. The van der Waals surface area contributed by atoms with Crippen LogP contribution in [0.5, 0.6) is 11.5 Å². The van der Waals surface area contributed by atoms with Crippen molar-refractivity contribution in [1.29, 1.82) is 0 Å². The number of hydrogen-bond acceptors (Lipinski definition) is 4. The second kappa shape index (κ2) is 8.56. The summed E-state index contributed by atoms with van der Waals surface area (Å²) in [7, 11) is 3.30. The van der Waals surface area contributed by atoms with Gasteiger partial charge in [0.1, 0.15) is 11.5 Å². The molecule has 5 heteroatoms. The molecule has 2 saturated heterocycles. The summed E-state index contributed by atoms with van der Waals surface area (Å²) in [4.78, 5) is 17.4. The molecule has 2 fully saturated rings. The van der Waals surface area contributed by atoms with E-state index in [9.17, 15) is 4.79 Å². The Labute approximate surface area is 150 Å². The summed E-state index contributed by atoms with van der Waals surface area (Å²) in [5.41, 5.74) is 1.08. The van der Waals surface area contributed by atoms with Crippen LogP contribution < -0.4 is 9.47 Å². The van der Waals surface area contributed by atoms with E-state index >= 15 is 0 Å². The predicted octanol–water partition coefficient (Wildman–Crippen LogP) is 2.72. The number of rotatable bonds is 7. The molecule has 0 N–H and O–H groups in total. The van der Waals surface area contributed by atoms with Crippen LogP contribution in [0.1, 0.15) is 37.7 Å². The van der Waals surface area contributed by atoms with Crippen LogP contribution in [0.3, 0.4) is 0 Å². The van der Waals surface area contributed by atoms with Gasteiger partial charge in [-0.05, 0) is 62.9 Å². The van der Waals surface area contributed by atoms with E-state index in [0.717, 1.165) is 49.4 Å². The third kappa shape index (κ3) is 4.66. The van der Waals surface area contributed by atoms with Gasteiger partial charge in [0, 0.05) is 31.6 Å². The topological polar surface area (TPSA) is 42.0 Å². The van der Waals surface area contributed by atoms with E-state index in [-0.39, 0.29) is 5.91 Å². The van der Waals surface area contributed by atoms with Gasteiger partial charge in [0.2, 0.25) is 5.91 Å². The van der Waals surface area contributed by atoms with Gasteiger partial charge < -0.3 is 19.3 Å². The van der Waals surface area contributed by atoms with Crippen LogP contribution in [0, 0.1) is 0 Å². The highest BCUT2D eigenvalue weighted by molar-refractivity contribution is 5.77. The number of nitrogens with zero attached hydrogens (tertiary/aromatic N) is 2. The minimum Gasteiger partial charge on any atom is -0.497 e. The van der Waals surface area contributed by atoms with E-state index in [0.29, 0.717) is 12.5 Å². The fraction of sp³-hybridized carbons (Fsp3) is 0.650. The minimum atomic E-state index is 0.281. The van der Waals surface area contributed by atoms with Gasteiger partial charge in [0.05, 0.1) is 14.2 Å². The third-order valence-electron chi connectivity index (χ3n) is 5.40. The summed E-state index contributed by atoms with van der Waals surface area (Å²) in [6.07, 6.45) is 6.16. The molecule has 138 valence electrons. The van der Waals surface area contributed by atoms with E-state index in [1.807, 2.05) is 18.2 Å². The second-order valence-electron chi connectivity index (χ2n) is 7.11. The number of ether oxygens (including phenoxy) is 2. The Hall–Kier alpha value is -1.75. The summed E-state index contributed by atoms with van der Waals surface area (Å²) < 4.78 is 10.6. The Morgan fingerprint density at radius 2 is 1.72 bits per heavy atom. The lowest BCUT2D eigenvalue weighted by molar-refractivity contribution is -0.132. The Balaban J connectivity index is 1.56. The van der Waals surface area contributed by atoms with Crippen molar-refractivity contribution in [2.75, 3.05) is 40.4 Å². The molecule has 0 aliphatic carbocycles. The van der Waals surface area contributed by atoms with Crippen molar-refractivity contribution in [3.05, 3.63) is 23.8 Å². The quantitative estimate of drug-likeness (QED) is 0.761. The molecular formula is C20H30N2O3. The summed E-state index contributed by atoms with van der Waals surface area (Å²) in [6.45, 7) is 4.36. The molecule has 25 heavy (non-hydrogen) atoms. The number of carbonyl (C=O) groups excluding carboxylic acids is 1. The lowest BCUT2D eigenvalue weighted by atomic mass is 10.1. The first-order valence-corrected chi connectivity index (χ1v) is 9.43. The maximum absolute atomic E-state index is 12.8. The first-order chi connectivity index (χ1) is 12.2. The van der Waals surface area contributed by atoms with Crippen molar-refractivity contribution < 1.29 is 14.3 Å². The highest BCUT2D eigenvalue weighted by atomic mass is 16.5. The van der Waals surface area contributed by atoms with Crippen molar-refractivity contribution in [1.82, 2.24) is 9.80 Å². The highest BCUT2D eigenvalue weighted by Crippen LogP contribution is 2.25. The molecule has 0 unspecified atom stereocenters. The Bertz CT molecular complexity index is 562. The molecule has 5 nitrogen and oxygen atoms in total. The van der Waals surface area contributed by atoms with Crippen LogP contribution in [0.15, 0.2) is 18.2 Å². The molecule has 3 rings (SSSR count). The SMILES string of the molecule is COc1cc(CCC(=O)N2CCC[C@H]2CN2CCCC2)cc(OC)c1. The van der Waals surface area contributed by atoms with Crippen LogP contribution in [0.4, 0.5) is 0 Å². The molecule has 0 spiro atoms. The van der Waals surface area contributed by atoms with Crippen LogP contribution >= 0.6 is 0 Å². The van der Waals surface area contributed by atoms with E-state index in [1.165, 1.54) is 25.9 Å². The lowest BCUT2D eigenvalue weighted by Crippen LogP contribution is -2.42. The van der Waals surface area contributed by atoms with Gasteiger partial charge in [-0.2, -0.15) is 0 Å². The number of amides is 1. The fourth-order valence-corrected chi connectivity index (χ4v) is 4.02. The van der Waals surface area contributed by atoms with Gasteiger partial charge in [-0.25, -0.2) is 0 Å². The maximum Gasteiger partial charge on any atom is 0.223 e. The summed E-state index contributed by atoms with van der Waals surface area (Å²) in [5, 5.41) is 0. The van der Waals surface area contributed by atoms with E-state index in [1.54, 1.807) is 14.2 Å². The monoisotopic (exact) mass is 346 g/mol. The fourth-order valence-electron chi connectivity index (χ4n) is 4.02. The number of aryl methyl sites for hydroxylation is 1. The first kappa shape index (κ1) is 18.1. The van der Waals surface area contributed by atoms with E-state index in [2.05, 4.69) is 9.80 Å². The van der Waals surface area contributed by atoms with Crippen LogP contribution in [0.25, 0.3) is 0 Å². The number of benzene rings is 1. The average Bonchev–Trinajstić information content (AvgIpc) is 3.31. The van der Waals surface area contributed by atoms with Crippen molar-refractivity contribution in [3.8, 4) is 11.5 Å². The smallest absolute Gasteiger partial charge is 0.223 e. The predicted molar refractivity (Wildman–Crippen MR) is 98.3 cm³/mol. The van der Waals surface area contributed by atoms with Crippen LogP contribution in [-0.2, 0) is 11.2 Å². The van der Waals surface area contributed by atoms with Crippen molar-refractivity contribution >= 4 is 5.91 Å². The van der Waals surface area contributed by atoms with Gasteiger partial charge in [-0.15, -0.1) is 0 Å². The molecule has 0 radical (unpaired) electrons. The maximum atomic E-state index is 12.8. The molecule has 2 aliphatic heterocycles. The zero-order valence-electron chi connectivity index (χ0n) is 15.5. The molecular weight excluding hydrogens is 316 g/mol. The zero-order valence-corrected chi connectivity index (χ0v) is 15.5. The van der Waals surface area contributed by atoms with Crippen molar-refractivity contribution in [2.24, 2.45) is 0 Å². The van der Waals surface area contributed by atoms with E-state index in [4.69, 9.17) is 9.47 Å². The van der Waals surface area contributed by atoms with Gasteiger partial charge in [0.15, 0.2) is 0 Å². The Morgan fingerprint density at radius 3 is 2.36 bits per heavy atom. The molecule has 0 bridgehead atoms. The van der Waals surface area contributed by atoms with Gasteiger partial charge in [0.25, 0.3) is 0 Å². The molecule has 0 saturated carbocycles. The molecule has 0 aromatic heterocycles. The third-order valence-corrected chi connectivity index (χ3v) is 5.40. The molecule has 1 atom stereocenters. The second-order valence-corrected chi connectivity index (χ2v) is 7.11. The average molecular weight is 346 g/mol. The minimum absolute atomic E-state index is 0.281. The highest BCUT2D eigenvalue weighted by Gasteiger charge is 2.30. The lowest BCUT2D eigenvalue weighted by Gasteiger charge is -2.28.